The number of H-pyrrole nitrogens is 1. The number of nitrogens with zero attached hydrogens (tertiary/aromatic N) is 2. The quantitative estimate of drug-likeness (QED) is 0.472. The smallest absolute Gasteiger partial charge is 0.261 e. The van der Waals surface area contributed by atoms with Gasteiger partial charge in [0.05, 0.1) is 22.3 Å². The van der Waals surface area contributed by atoms with Crippen LogP contribution in [0.3, 0.4) is 0 Å². The van der Waals surface area contributed by atoms with Crippen molar-refractivity contribution in [1.82, 2.24) is 19.9 Å². The summed E-state index contributed by atoms with van der Waals surface area (Å²) in [6.45, 7) is 1.71. The largest absolute Gasteiger partial charge is 0.321 e. The lowest BCUT2D eigenvalue weighted by Gasteiger charge is -2.23. The van der Waals surface area contributed by atoms with Crippen molar-refractivity contribution in [3.05, 3.63) is 75.7 Å². The van der Waals surface area contributed by atoms with Gasteiger partial charge in [-0.2, -0.15) is 5.10 Å². The molecule has 0 spiro atoms. The van der Waals surface area contributed by atoms with Crippen molar-refractivity contribution in [2.75, 3.05) is 18.4 Å². The summed E-state index contributed by atoms with van der Waals surface area (Å²) >= 11 is 0. The van der Waals surface area contributed by atoms with Crippen LogP contribution >= 0.6 is 0 Å². The number of halogens is 2. The van der Waals surface area contributed by atoms with Crippen molar-refractivity contribution in [3.63, 3.8) is 0 Å². The molecule has 2 aromatic carbocycles. The molecule has 7 nitrogen and oxygen atoms in total. The number of benzene rings is 2. The number of hydrogen-bond donors (Lipinski definition) is 3. The first-order valence-electron chi connectivity index (χ1n) is 10.0. The lowest BCUT2D eigenvalue weighted by atomic mass is 9.94. The minimum Gasteiger partial charge on any atom is -0.321 e. The van der Waals surface area contributed by atoms with Gasteiger partial charge in [0.15, 0.2) is 0 Å². The molecule has 158 valence electrons. The number of nitrogens with one attached hydrogen (secondary N) is 3. The predicted octanol–water partition coefficient (Wildman–Crippen LogP) is 3.17. The van der Waals surface area contributed by atoms with Gasteiger partial charge in [0.1, 0.15) is 22.8 Å². The number of carbonyl (C=O) groups excluding carboxylic acids is 1. The lowest BCUT2D eigenvalue weighted by Crippen LogP contribution is -2.28. The summed E-state index contributed by atoms with van der Waals surface area (Å²) in [6, 6.07) is 9.85. The van der Waals surface area contributed by atoms with Crippen LogP contribution in [0.2, 0.25) is 0 Å². The van der Waals surface area contributed by atoms with Crippen LogP contribution in [0.25, 0.3) is 16.6 Å². The fraction of sp³-hybridized carbons (Fsp3) is 0.227. The normalized spacial score (nSPS) is 14.9. The van der Waals surface area contributed by atoms with E-state index in [2.05, 4.69) is 20.7 Å². The lowest BCUT2D eigenvalue weighted by molar-refractivity contribution is 0.101. The Hall–Kier alpha value is -3.59. The van der Waals surface area contributed by atoms with Gasteiger partial charge in [0, 0.05) is 12.0 Å². The molecular weight excluding hydrogens is 404 g/mol. The maximum Gasteiger partial charge on any atom is 0.261 e. The van der Waals surface area contributed by atoms with E-state index in [-0.39, 0.29) is 11.5 Å². The highest BCUT2D eigenvalue weighted by molar-refractivity contribution is 6.12. The van der Waals surface area contributed by atoms with Crippen LogP contribution in [0.1, 0.15) is 34.8 Å². The van der Waals surface area contributed by atoms with Gasteiger partial charge in [-0.25, -0.2) is 13.3 Å². The Morgan fingerprint density at radius 2 is 1.81 bits per heavy atom. The Morgan fingerprint density at radius 3 is 2.55 bits per heavy atom. The van der Waals surface area contributed by atoms with Gasteiger partial charge >= 0.3 is 0 Å². The monoisotopic (exact) mass is 423 g/mol. The number of amides is 1. The Kier molecular flexibility index (Phi) is 4.74. The van der Waals surface area contributed by atoms with E-state index in [1.165, 1.54) is 6.07 Å². The molecule has 0 unspecified atom stereocenters. The van der Waals surface area contributed by atoms with Crippen molar-refractivity contribution in [1.29, 1.82) is 0 Å². The standard InChI is InChI=1S/C22H19F2N5O2/c23-13-3-1-4-14(24)19(13)22(31)26-15-5-2-6-16-20(15)21-27-18(30)11-17(29(21)28-16)12-7-9-25-10-8-12/h1-6,11-12,25H,7-10H2,(H,26,31)(H,27,30). The van der Waals surface area contributed by atoms with E-state index in [9.17, 15) is 18.4 Å². The first-order chi connectivity index (χ1) is 15.0. The van der Waals surface area contributed by atoms with E-state index >= 15 is 0 Å². The van der Waals surface area contributed by atoms with Gasteiger partial charge in [0.25, 0.3) is 11.5 Å². The minimum absolute atomic E-state index is 0.172. The molecule has 0 atom stereocenters. The van der Waals surface area contributed by atoms with E-state index in [0.29, 0.717) is 22.2 Å². The zero-order chi connectivity index (χ0) is 21.5. The van der Waals surface area contributed by atoms with E-state index < -0.39 is 23.1 Å². The van der Waals surface area contributed by atoms with E-state index in [4.69, 9.17) is 0 Å². The van der Waals surface area contributed by atoms with Gasteiger partial charge in [0.2, 0.25) is 0 Å². The average molecular weight is 423 g/mol. The molecule has 0 bridgehead atoms. The Bertz CT molecular complexity index is 1350. The van der Waals surface area contributed by atoms with Crippen molar-refractivity contribution in [2.45, 2.75) is 18.8 Å². The van der Waals surface area contributed by atoms with Crippen LogP contribution < -0.4 is 16.2 Å². The van der Waals surface area contributed by atoms with Gasteiger partial charge in [-0.05, 0) is 50.2 Å². The van der Waals surface area contributed by atoms with Gasteiger partial charge < -0.3 is 15.6 Å². The number of aromatic nitrogens is 3. The Labute approximate surface area is 175 Å². The van der Waals surface area contributed by atoms with Crippen molar-refractivity contribution in [3.8, 4) is 0 Å². The first-order valence-corrected chi connectivity index (χ1v) is 10.0. The minimum atomic E-state index is -0.953. The molecule has 1 amide bonds. The molecule has 1 aliphatic heterocycles. The fourth-order valence-corrected chi connectivity index (χ4v) is 4.20. The molecule has 31 heavy (non-hydrogen) atoms. The van der Waals surface area contributed by atoms with E-state index in [0.717, 1.165) is 43.8 Å². The van der Waals surface area contributed by atoms with Crippen LogP contribution in [0, 0.1) is 11.6 Å². The second kappa shape index (κ2) is 7.59. The van der Waals surface area contributed by atoms with Crippen LogP contribution in [0.15, 0.2) is 47.3 Å². The van der Waals surface area contributed by atoms with Crippen LogP contribution in [0.4, 0.5) is 14.5 Å². The maximum absolute atomic E-state index is 14.1. The summed E-state index contributed by atoms with van der Waals surface area (Å²) in [5.74, 6) is -2.65. The maximum atomic E-state index is 14.1. The van der Waals surface area contributed by atoms with Crippen molar-refractivity contribution in [2.24, 2.45) is 0 Å². The average Bonchev–Trinajstić information content (AvgIpc) is 3.13. The van der Waals surface area contributed by atoms with Crippen LogP contribution in [-0.2, 0) is 0 Å². The van der Waals surface area contributed by atoms with Crippen LogP contribution in [-0.4, -0.2) is 33.6 Å². The highest BCUT2D eigenvalue weighted by Gasteiger charge is 2.23. The zero-order valence-electron chi connectivity index (χ0n) is 16.4. The molecule has 0 radical (unpaired) electrons. The molecule has 1 saturated heterocycles. The molecule has 4 aromatic rings. The van der Waals surface area contributed by atoms with E-state index in [1.807, 2.05) is 0 Å². The van der Waals surface area contributed by atoms with Crippen LogP contribution in [0.5, 0.6) is 0 Å². The third kappa shape index (κ3) is 3.36. The Balaban J connectivity index is 1.65. The summed E-state index contributed by atoms with van der Waals surface area (Å²) in [6.07, 6.45) is 1.76. The fourth-order valence-electron chi connectivity index (χ4n) is 4.20. The third-order valence-corrected chi connectivity index (χ3v) is 5.66. The summed E-state index contributed by atoms with van der Waals surface area (Å²) < 4.78 is 29.8. The second-order valence-corrected chi connectivity index (χ2v) is 7.59. The first kappa shape index (κ1) is 19.4. The molecule has 9 heteroatoms. The summed E-state index contributed by atoms with van der Waals surface area (Å²) in [4.78, 5) is 27.9. The number of piperidine rings is 1. The van der Waals surface area contributed by atoms with Gasteiger partial charge in [-0.3, -0.25) is 9.59 Å². The van der Waals surface area contributed by atoms with Gasteiger partial charge in [-0.15, -0.1) is 0 Å². The summed E-state index contributed by atoms with van der Waals surface area (Å²) in [5, 5.41) is 11.0. The molecule has 0 saturated carbocycles. The highest BCUT2D eigenvalue weighted by atomic mass is 19.1. The summed E-state index contributed by atoms with van der Waals surface area (Å²) in [7, 11) is 0. The molecule has 1 fully saturated rings. The second-order valence-electron chi connectivity index (χ2n) is 7.59. The topological polar surface area (TPSA) is 91.3 Å². The third-order valence-electron chi connectivity index (χ3n) is 5.66. The number of fused-ring (bicyclic) bond motifs is 3. The number of anilines is 1. The molecule has 3 N–H and O–H groups in total. The van der Waals surface area contributed by atoms with Crippen molar-refractivity contribution >= 4 is 28.1 Å². The van der Waals surface area contributed by atoms with E-state index in [1.54, 1.807) is 28.8 Å². The SMILES string of the molecule is O=C(Nc1cccc2nn3c(C4CCNCC4)cc(=O)[nH]c3c12)c1c(F)cccc1F. The van der Waals surface area contributed by atoms with Gasteiger partial charge in [-0.1, -0.05) is 12.1 Å². The molecule has 1 aliphatic rings. The Morgan fingerprint density at radius 1 is 1.10 bits per heavy atom. The molecule has 3 heterocycles. The van der Waals surface area contributed by atoms with Crippen molar-refractivity contribution < 1.29 is 13.6 Å². The zero-order valence-corrected chi connectivity index (χ0v) is 16.4. The highest BCUT2D eigenvalue weighted by Crippen LogP contribution is 2.30. The molecule has 0 aliphatic carbocycles. The predicted molar refractivity (Wildman–Crippen MR) is 112 cm³/mol. The number of rotatable bonds is 3. The molecule has 5 rings (SSSR count). The number of hydrogen-bond acceptors (Lipinski definition) is 4. The summed E-state index contributed by atoms with van der Waals surface area (Å²) in [5.41, 5.74) is 1.14. The molecular formula is C22H19F2N5O2. The number of carbonyl (C=O) groups is 1. The molecule has 2 aromatic heterocycles. The number of aromatic amines is 1.